The molecule has 90 valence electrons. The normalized spacial score (nSPS) is 8.14. The molecule has 0 aromatic rings. The minimum absolute atomic E-state index is 0.125. The number of aliphatic hydroxyl groups is 3. The Balaban J connectivity index is -0.000000135. The lowest BCUT2D eigenvalue weighted by atomic mass is 10.8. The van der Waals surface area contributed by atoms with Gasteiger partial charge in [0.1, 0.15) is 0 Å². The van der Waals surface area contributed by atoms with E-state index in [1.54, 1.807) is 7.11 Å². The molecule has 0 atom stereocenters. The van der Waals surface area contributed by atoms with Crippen molar-refractivity contribution in [1.82, 2.24) is 0 Å². The van der Waals surface area contributed by atoms with Crippen LogP contribution < -0.4 is 0 Å². The Bertz CT molecular complexity index is 49.2. The third-order valence-electron chi connectivity index (χ3n) is 0.828. The highest BCUT2D eigenvalue weighted by Gasteiger charge is 1.73. The van der Waals surface area contributed by atoms with Gasteiger partial charge in [-0.05, 0) is 13.8 Å². The van der Waals surface area contributed by atoms with Crippen LogP contribution in [0.1, 0.15) is 13.8 Å². The standard InChI is InChI=1S/C4H10O2.C3H8O.C2H6O2/c1-2-6-4-3-5;1-3-4-2;3-1-2-4/h5H,2-4H2,1H3;3H2,1-2H3;3-4H,1-2H2. The van der Waals surface area contributed by atoms with E-state index in [0.29, 0.717) is 13.2 Å². The summed E-state index contributed by atoms with van der Waals surface area (Å²) >= 11 is 0. The Hall–Kier alpha value is -0.200. The van der Waals surface area contributed by atoms with Crippen molar-refractivity contribution in [3.8, 4) is 0 Å². The second kappa shape index (κ2) is 29.3. The first-order chi connectivity index (χ1) is 6.74. The van der Waals surface area contributed by atoms with Gasteiger partial charge in [0.25, 0.3) is 0 Å². The molecule has 0 saturated carbocycles. The highest BCUT2D eigenvalue weighted by atomic mass is 16.5. The zero-order chi connectivity index (χ0) is 11.7. The number of aliphatic hydroxyl groups excluding tert-OH is 3. The molecule has 0 saturated heterocycles. The maximum atomic E-state index is 8.07. The molecule has 0 rings (SSSR count). The first-order valence-corrected chi connectivity index (χ1v) is 4.64. The topological polar surface area (TPSA) is 79.2 Å². The molecule has 0 amide bonds. The van der Waals surface area contributed by atoms with Gasteiger partial charge < -0.3 is 24.8 Å². The smallest absolute Gasteiger partial charge is 0.0697 e. The van der Waals surface area contributed by atoms with Crippen LogP contribution in [0.5, 0.6) is 0 Å². The van der Waals surface area contributed by atoms with Crippen LogP contribution in [0.4, 0.5) is 0 Å². The molecule has 0 fully saturated rings. The van der Waals surface area contributed by atoms with Gasteiger partial charge >= 0.3 is 0 Å². The van der Waals surface area contributed by atoms with Crippen LogP contribution in [-0.2, 0) is 9.47 Å². The fraction of sp³-hybridized carbons (Fsp3) is 1.00. The first kappa shape index (κ1) is 19.4. The van der Waals surface area contributed by atoms with E-state index in [0.717, 1.165) is 6.61 Å². The highest BCUT2D eigenvalue weighted by molar-refractivity contribution is 4.18. The van der Waals surface area contributed by atoms with Crippen LogP contribution in [0.15, 0.2) is 0 Å². The van der Waals surface area contributed by atoms with Gasteiger partial charge in [0.2, 0.25) is 0 Å². The van der Waals surface area contributed by atoms with E-state index in [2.05, 4.69) is 4.74 Å². The number of hydrogen-bond acceptors (Lipinski definition) is 5. The summed E-state index contributed by atoms with van der Waals surface area (Å²) in [5.74, 6) is 0. The lowest BCUT2D eigenvalue weighted by Gasteiger charge is -1.91. The zero-order valence-corrected chi connectivity index (χ0v) is 9.40. The van der Waals surface area contributed by atoms with Crippen molar-refractivity contribution in [2.24, 2.45) is 0 Å². The van der Waals surface area contributed by atoms with Gasteiger partial charge in [-0.15, -0.1) is 0 Å². The molecule has 0 spiro atoms. The van der Waals surface area contributed by atoms with Gasteiger partial charge in [0, 0.05) is 20.3 Å². The van der Waals surface area contributed by atoms with Gasteiger partial charge in [0.15, 0.2) is 0 Å². The maximum absolute atomic E-state index is 8.07. The third-order valence-corrected chi connectivity index (χ3v) is 0.828. The summed E-state index contributed by atoms with van der Waals surface area (Å²) in [6, 6.07) is 0. The molecule has 0 aromatic carbocycles. The zero-order valence-electron chi connectivity index (χ0n) is 9.40. The Morgan fingerprint density at radius 2 is 1.29 bits per heavy atom. The monoisotopic (exact) mass is 212 g/mol. The SMILES string of the molecule is CCOC.CCOCCO.OCCO. The number of methoxy groups -OCH3 is 1. The minimum atomic E-state index is -0.125. The summed E-state index contributed by atoms with van der Waals surface area (Å²) in [5.41, 5.74) is 0. The molecule has 0 unspecified atom stereocenters. The molecule has 0 bridgehead atoms. The molecular formula is C9H24O5. The second-order valence-electron chi connectivity index (χ2n) is 1.95. The summed E-state index contributed by atoms with van der Waals surface area (Å²) in [4.78, 5) is 0. The quantitative estimate of drug-likeness (QED) is 0.542. The van der Waals surface area contributed by atoms with Crippen LogP contribution in [-0.4, -0.2) is 62.1 Å². The van der Waals surface area contributed by atoms with Gasteiger partial charge in [-0.25, -0.2) is 0 Å². The van der Waals surface area contributed by atoms with Gasteiger partial charge in [-0.2, -0.15) is 0 Å². The summed E-state index contributed by atoms with van der Waals surface area (Å²) in [7, 11) is 1.68. The van der Waals surface area contributed by atoms with Crippen molar-refractivity contribution in [2.75, 3.05) is 46.8 Å². The van der Waals surface area contributed by atoms with E-state index >= 15 is 0 Å². The van der Waals surface area contributed by atoms with E-state index in [4.69, 9.17) is 20.1 Å². The van der Waals surface area contributed by atoms with Gasteiger partial charge in [-0.1, -0.05) is 0 Å². The number of hydrogen-bond donors (Lipinski definition) is 3. The van der Waals surface area contributed by atoms with Crippen molar-refractivity contribution < 1.29 is 24.8 Å². The van der Waals surface area contributed by atoms with E-state index in [1.165, 1.54) is 0 Å². The summed E-state index contributed by atoms with van der Waals surface area (Å²) in [6.45, 7) is 5.72. The van der Waals surface area contributed by atoms with Gasteiger partial charge in [-0.3, -0.25) is 0 Å². The Kier molecular flexibility index (Phi) is 40.6. The van der Waals surface area contributed by atoms with Crippen molar-refractivity contribution in [1.29, 1.82) is 0 Å². The molecule has 0 radical (unpaired) electrons. The Labute approximate surface area is 86.3 Å². The predicted octanol–water partition coefficient (Wildman–Crippen LogP) is -0.361. The summed E-state index contributed by atoms with van der Waals surface area (Å²) < 4.78 is 9.27. The fourth-order valence-electron chi connectivity index (χ4n) is 0.209. The van der Waals surface area contributed by atoms with Crippen LogP contribution in [0, 0.1) is 0 Å². The molecule has 14 heavy (non-hydrogen) atoms. The van der Waals surface area contributed by atoms with Crippen molar-refractivity contribution in [2.45, 2.75) is 13.8 Å². The number of rotatable bonds is 5. The van der Waals surface area contributed by atoms with Crippen molar-refractivity contribution in [3.63, 3.8) is 0 Å². The van der Waals surface area contributed by atoms with Crippen molar-refractivity contribution in [3.05, 3.63) is 0 Å². The summed E-state index contributed by atoms with van der Waals surface area (Å²) in [5, 5.41) is 23.3. The van der Waals surface area contributed by atoms with Crippen LogP contribution in [0.3, 0.4) is 0 Å². The Morgan fingerprint density at radius 1 is 0.857 bits per heavy atom. The van der Waals surface area contributed by atoms with E-state index in [9.17, 15) is 0 Å². The fourth-order valence-corrected chi connectivity index (χ4v) is 0.209. The Morgan fingerprint density at radius 3 is 1.36 bits per heavy atom. The molecule has 0 aliphatic rings. The predicted molar refractivity (Wildman–Crippen MR) is 55.3 cm³/mol. The third kappa shape index (κ3) is 59.7. The summed E-state index contributed by atoms with van der Waals surface area (Å²) in [6.07, 6.45) is 0. The molecule has 0 aromatic heterocycles. The van der Waals surface area contributed by atoms with E-state index in [1.807, 2.05) is 13.8 Å². The average Bonchev–Trinajstić information content (AvgIpc) is 2.27. The molecule has 5 heteroatoms. The van der Waals surface area contributed by atoms with Crippen LogP contribution in [0.25, 0.3) is 0 Å². The lowest BCUT2D eigenvalue weighted by molar-refractivity contribution is 0.102. The minimum Gasteiger partial charge on any atom is -0.394 e. The molecule has 0 aliphatic heterocycles. The molecule has 5 nitrogen and oxygen atoms in total. The average molecular weight is 212 g/mol. The lowest BCUT2D eigenvalue weighted by Crippen LogP contribution is -1.96. The first-order valence-electron chi connectivity index (χ1n) is 4.64. The molecular weight excluding hydrogens is 188 g/mol. The van der Waals surface area contributed by atoms with Crippen molar-refractivity contribution >= 4 is 0 Å². The van der Waals surface area contributed by atoms with Crippen LogP contribution >= 0.6 is 0 Å². The van der Waals surface area contributed by atoms with E-state index in [-0.39, 0.29) is 19.8 Å². The molecule has 0 aliphatic carbocycles. The largest absolute Gasteiger partial charge is 0.394 e. The van der Waals surface area contributed by atoms with E-state index < -0.39 is 0 Å². The highest BCUT2D eigenvalue weighted by Crippen LogP contribution is 1.66. The number of ether oxygens (including phenoxy) is 2. The van der Waals surface area contributed by atoms with Gasteiger partial charge in [0.05, 0.1) is 26.4 Å². The second-order valence-corrected chi connectivity index (χ2v) is 1.95. The van der Waals surface area contributed by atoms with Crippen LogP contribution in [0.2, 0.25) is 0 Å². The maximum Gasteiger partial charge on any atom is 0.0697 e. The molecule has 3 N–H and O–H groups in total. The molecule has 0 heterocycles.